The van der Waals surface area contributed by atoms with Gasteiger partial charge in [-0.25, -0.2) is 0 Å². The van der Waals surface area contributed by atoms with Crippen LogP contribution < -0.4 is 5.32 Å². The quantitative estimate of drug-likeness (QED) is 0.910. The molecule has 2 heterocycles. The van der Waals surface area contributed by atoms with E-state index in [1.165, 1.54) is 37.3 Å². The van der Waals surface area contributed by atoms with Gasteiger partial charge in [-0.1, -0.05) is 29.8 Å². The molecule has 0 bridgehead atoms. The molecule has 0 saturated carbocycles. The molecule has 2 saturated heterocycles. The average molecular weight is 316 g/mol. The smallest absolute Gasteiger partial charge is 0.0476 e. The molecule has 128 valence electrons. The van der Waals surface area contributed by atoms with Gasteiger partial charge in [0.1, 0.15) is 0 Å². The van der Waals surface area contributed by atoms with Gasteiger partial charge in [0.15, 0.2) is 0 Å². The van der Waals surface area contributed by atoms with Crippen LogP contribution in [0.25, 0.3) is 0 Å². The van der Waals surface area contributed by atoms with Crippen LogP contribution in [0.3, 0.4) is 0 Å². The van der Waals surface area contributed by atoms with E-state index in [-0.39, 0.29) is 0 Å². The number of nitrogens with zero attached hydrogens (tertiary/aromatic N) is 3. The predicted molar refractivity (Wildman–Crippen MR) is 96.9 cm³/mol. The number of hydrogen-bond acceptors (Lipinski definition) is 4. The molecule has 0 amide bonds. The van der Waals surface area contributed by atoms with Crippen molar-refractivity contribution in [1.29, 1.82) is 0 Å². The Balaban J connectivity index is 1.73. The van der Waals surface area contributed by atoms with E-state index >= 15 is 0 Å². The van der Waals surface area contributed by atoms with Gasteiger partial charge in [0.25, 0.3) is 0 Å². The highest BCUT2D eigenvalue weighted by Gasteiger charge is 2.27. The van der Waals surface area contributed by atoms with Gasteiger partial charge in [-0.15, -0.1) is 0 Å². The number of rotatable bonds is 4. The van der Waals surface area contributed by atoms with Crippen LogP contribution in [0.15, 0.2) is 24.3 Å². The second-order valence-electron chi connectivity index (χ2n) is 7.38. The van der Waals surface area contributed by atoms with E-state index in [9.17, 15) is 0 Å². The van der Waals surface area contributed by atoms with Gasteiger partial charge in [-0.3, -0.25) is 9.80 Å². The number of likely N-dealkylation sites (N-methyl/N-ethyl adjacent to an activating group) is 1. The summed E-state index contributed by atoms with van der Waals surface area (Å²) in [5.74, 6) is 0. The summed E-state index contributed by atoms with van der Waals surface area (Å²) < 4.78 is 0. The minimum Gasteiger partial charge on any atom is -0.312 e. The van der Waals surface area contributed by atoms with E-state index in [1.54, 1.807) is 0 Å². The van der Waals surface area contributed by atoms with Crippen LogP contribution in [-0.4, -0.2) is 80.1 Å². The zero-order valence-corrected chi connectivity index (χ0v) is 15.0. The number of aryl methyl sites for hydroxylation is 1. The normalized spacial score (nSPS) is 26.3. The lowest BCUT2D eigenvalue weighted by atomic mass is 10.0. The summed E-state index contributed by atoms with van der Waals surface area (Å²) in [7, 11) is 2.23. The third kappa shape index (κ3) is 4.54. The van der Waals surface area contributed by atoms with Gasteiger partial charge in [0.2, 0.25) is 0 Å². The molecule has 2 aliphatic rings. The fourth-order valence-corrected chi connectivity index (χ4v) is 3.74. The summed E-state index contributed by atoms with van der Waals surface area (Å²) in [6.45, 7) is 13.8. The summed E-state index contributed by atoms with van der Waals surface area (Å²) in [6, 6.07) is 10.3. The van der Waals surface area contributed by atoms with E-state index in [2.05, 4.69) is 65.2 Å². The Morgan fingerprint density at radius 2 is 1.78 bits per heavy atom. The van der Waals surface area contributed by atoms with Crippen molar-refractivity contribution in [3.05, 3.63) is 35.4 Å². The molecule has 2 aliphatic heterocycles. The second-order valence-corrected chi connectivity index (χ2v) is 7.38. The molecule has 0 radical (unpaired) electrons. The van der Waals surface area contributed by atoms with Crippen molar-refractivity contribution in [2.45, 2.75) is 25.9 Å². The lowest BCUT2D eigenvalue weighted by molar-refractivity contribution is 0.0835. The number of hydrogen-bond donors (Lipinski definition) is 1. The van der Waals surface area contributed by atoms with Crippen LogP contribution in [0.5, 0.6) is 0 Å². The van der Waals surface area contributed by atoms with Gasteiger partial charge in [0, 0.05) is 64.4 Å². The molecule has 1 aromatic rings. The Labute approximate surface area is 141 Å². The summed E-state index contributed by atoms with van der Waals surface area (Å²) in [5, 5.41) is 3.57. The van der Waals surface area contributed by atoms with Crippen LogP contribution >= 0.6 is 0 Å². The van der Waals surface area contributed by atoms with Crippen molar-refractivity contribution in [3.63, 3.8) is 0 Å². The zero-order chi connectivity index (χ0) is 16.2. The summed E-state index contributed by atoms with van der Waals surface area (Å²) in [5.41, 5.74) is 2.82. The minimum atomic E-state index is 0.517. The first-order valence-corrected chi connectivity index (χ1v) is 9.07. The largest absolute Gasteiger partial charge is 0.312 e. The maximum atomic E-state index is 3.57. The molecule has 4 heteroatoms. The Morgan fingerprint density at radius 3 is 2.43 bits per heavy atom. The first-order chi connectivity index (χ1) is 11.1. The third-order valence-electron chi connectivity index (χ3n) is 5.33. The van der Waals surface area contributed by atoms with Crippen LogP contribution in [-0.2, 0) is 0 Å². The third-order valence-corrected chi connectivity index (χ3v) is 5.33. The van der Waals surface area contributed by atoms with Gasteiger partial charge < -0.3 is 10.2 Å². The highest BCUT2D eigenvalue weighted by molar-refractivity contribution is 5.25. The van der Waals surface area contributed by atoms with E-state index < -0.39 is 0 Å². The summed E-state index contributed by atoms with van der Waals surface area (Å²) in [4.78, 5) is 7.77. The lowest BCUT2D eigenvalue weighted by Crippen LogP contribution is -2.53. The molecule has 2 atom stereocenters. The predicted octanol–water partition coefficient (Wildman–Crippen LogP) is 1.58. The van der Waals surface area contributed by atoms with Crippen LogP contribution in [0.2, 0.25) is 0 Å². The topological polar surface area (TPSA) is 21.8 Å². The van der Waals surface area contributed by atoms with Crippen molar-refractivity contribution < 1.29 is 0 Å². The zero-order valence-electron chi connectivity index (χ0n) is 15.0. The summed E-state index contributed by atoms with van der Waals surface area (Å²) in [6.07, 6.45) is 0. The maximum Gasteiger partial charge on any atom is 0.0476 e. The van der Waals surface area contributed by atoms with E-state index in [0.717, 1.165) is 26.2 Å². The molecule has 1 N–H and O–H groups in total. The Morgan fingerprint density at radius 1 is 1.09 bits per heavy atom. The first kappa shape index (κ1) is 16.9. The Hall–Kier alpha value is -0.940. The molecule has 0 aliphatic carbocycles. The summed E-state index contributed by atoms with van der Waals surface area (Å²) >= 11 is 0. The molecule has 2 unspecified atom stereocenters. The highest BCUT2D eigenvalue weighted by atomic mass is 15.3. The van der Waals surface area contributed by atoms with E-state index in [0.29, 0.717) is 12.1 Å². The van der Waals surface area contributed by atoms with E-state index in [4.69, 9.17) is 0 Å². The monoisotopic (exact) mass is 316 g/mol. The fraction of sp³-hybridized carbons (Fsp3) is 0.684. The number of nitrogens with one attached hydrogen (secondary N) is 1. The first-order valence-electron chi connectivity index (χ1n) is 9.07. The number of piperazine rings is 2. The molecular weight excluding hydrogens is 284 g/mol. The second kappa shape index (κ2) is 7.75. The van der Waals surface area contributed by atoms with Crippen LogP contribution in [0.4, 0.5) is 0 Å². The molecule has 2 fully saturated rings. The van der Waals surface area contributed by atoms with Crippen molar-refractivity contribution in [2.24, 2.45) is 0 Å². The standard InChI is InChI=1S/C19H32N4/c1-16-4-6-18(7-5-16)19(23-9-8-20-17(2)14-23)15-22-12-10-21(3)11-13-22/h4-7,17,19-20H,8-15H2,1-3H3. The Bertz CT molecular complexity index is 479. The molecule has 23 heavy (non-hydrogen) atoms. The van der Waals surface area contributed by atoms with E-state index in [1.807, 2.05) is 0 Å². The van der Waals surface area contributed by atoms with Crippen molar-refractivity contribution in [2.75, 3.05) is 59.4 Å². The number of benzene rings is 1. The minimum absolute atomic E-state index is 0.517. The molecular formula is C19H32N4. The van der Waals surface area contributed by atoms with Crippen LogP contribution in [0.1, 0.15) is 24.1 Å². The fourth-order valence-electron chi connectivity index (χ4n) is 3.74. The van der Waals surface area contributed by atoms with Gasteiger partial charge >= 0.3 is 0 Å². The van der Waals surface area contributed by atoms with Crippen LogP contribution in [0, 0.1) is 6.92 Å². The average Bonchev–Trinajstić information content (AvgIpc) is 2.55. The molecule has 1 aromatic carbocycles. The van der Waals surface area contributed by atoms with Gasteiger partial charge in [-0.2, -0.15) is 0 Å². The molecule has 3 rings (SSSR count). The molecule has 0 aromatic heterocycles. The SMILES string of the molecule is Cc1ccc(C(CN2CCN(C)CC2)N2CCNC(C)C2)cc1. The van der Waals surface area contributed by atoms with Crippen molar-refractivity contribution in [3.8, 4) is 0 Å². The van der Waals surface area contributed by atoms with Gasteiger partial charge in [-0.05, 0) is 26.5 Å². The Kier molecular flexibility index (Phi) is 5.70. The lowest BCUT2D eigenvalue weighted by Gasteiger charge is -2.42. The van der Waals surface area contributed by atoms with Crippen molar-refractivity contribution >= 4 is 0 Å². The van der Waals surface area contributed by atoms with Crippen molar-refractivity contribution in [1.82, 2.24) is 20.0 Å². The molecule has 4 nitrogen and oxygen atoms in total. The highest BCUT2D eigenvalue weighted by Crippen LogP contribution is 2.24. The molecule has 0 spiro atoms. The van der Waals surface area contributed by atoms with Gasteiger partial charge in [0.05, 0.1) is 0 Å². The maximum absolute atomic E-state index is 3.57.